The van der Waals surface area contributed by atoms with Crippen molar-refractivity contribution in [2.45, 2.75) is 24.7 Å². The van der Waals surface area contributed by atoms with Crippen molar-refractivity contribution >= 4 is 17.5 Å². The van der Waals surface area contributed by atoms with E-state index < -0.39 is 47.1 Å². The van der Waals surface area contributed by atoms with Crippen LogP contribution in [0.5, 0.6) is 11.5 Å². The topological polar surface area (TPSA) is 47.6 Å². The smallest absolute Gasteiger partial charge is 0.406 e. The molecule has 4 aromatic carbocycles. The maximum Gasteiger partial charge on any atom is 0.573 e. The summed E-state index contributed by atoms with van der Waals surface area (Å²) >= 11 is 5.86. The average molecular weight is 598 g/mol. The molecular formula is C29H19ClF7NO3. The molecule has 214 valence electrons. The Morgan fingerprint density at radius 1 is 0.707 bits per heavy atom. The van der Waals surface area contributed by atoms with Gasteiger partial charge < -0.3 is 14.8 Å². The molecule has 0 heterocycles. The molecule has 4 nitrogen and oxygen atoms in total. The summed E-state index contributed by atoms with van der Waals surface area (Å²) in [5, 5.41) is 2.30. The van der Waals surface area contributed by atoms with Gasteiger partial charge in [-0.1, -0.05) is 72.3 Å². The number of halogens is 8. The maximum absolute atomic E-state index is 14.9. The Hall–Kier alpha value is -4.25. The summed E-state index contributed by atoms with van der Waals surface area (Å²) in [5.74, 6) is -3.41. The van der Waals surface area contributed by atoms with E-state index in [0.717, 1.165) is 30.3 Å². The van der Waals surface area contributed by atoms with Crippen molar-refractivity contribution in [1.29, 1.82) is 0 Å². The molecule has 1 N–H and O–H groups in total. The third-order valence-corrected chi connectivity index (χ3v) is 6.25. The summed E-state index contributed by atoms with van der Waals surface area (Å²) in [6.07, 6.45) is -10.3. The van der Waals surface area contributed by atoms with Crippen LogP contribution in [-0.4, -0.2) is 18.6 Å². The molecule has 12 heteroatoms. The molecular weight excluding hydrogens is 579 g/mol. The molecule has 0 unspecified atom stereocenters. The number of carbonyl (C=O) groups excluding carboxylic acids is 1. The van der Waals surface area contributed by atoms with Gasteiger partial charge in [0.25, 0.3) is 5.91 Å². The number of nitrogens with one attached hydrogen (secondary N) is 1. The highest BCUT2D eigenvalue weighted by molar-refractivity contribution is 6.31. The van der Waals surface area contributed by atoms with Gasteiger partial charge in [-0.3, -0.25) is 4.79 Å². The van der Waals surface area contributed by atoms with E-state index in [0.29, 0.717) is 5.56 Å². The van der Waals surface area contributed by atoms with Crippen LogP contribution in [-0.2, 0) is 12.0 Å². The molecule has 0 spiro atoms. The Kier molecular flexibility index (Phi) is 8.48. The van der Waals surface area contributed by atoms with Crippen molar-refractivity contribution in [2.24, 2.45) is 0 Å². The molecule has 0 aliphatic heterocycles. The molecule has 41 heavy (non-hydrogen) atoms. The molecule has 0 bridgehead atoms. The molecule has 0 saturated carbocycles. The van der Waals surface area contributed by atoms with E-state index in [1.807, 2.05) is 0 Å². The predicted octanol–water partition coefficient (Wildman–Crippen LogP) is 8.19. The van der Waals surface area contributed by atoms with E-state index in [4.69, 9.17) is 11.6 Å². The zero-order valence-corrected chi connectivity index (χ0v) is 21.4. The number of benzene rings is 4. The minimum Gasteiger partial charge on any atom is -0.406 e. The molecule has 0 aliphatic carbocycles. The summed E-state index contributed by atoms with van der Waals surface area (Å²) in [6, 6.07) is 21.1. The van der Waals surface area contributed by atoms with Crippen LogP contribution in [0.4, 0.5) is 30.7 Å². The fraction of sp³-hybridized carbons (Fsp3) is 0.138. The fourth-order valence-electron chi connectivity index (χ4n) is 4.32. The highest BCUT2D eigenvalue weighted by atomic mass is 35.5. The number of hydrogen-bond donors (Lipinski definition) is 1. The van der Waals surface area contributed by atoms with Crippen LogP contribution in [0.25, 0.3) is 0 Å². The monoisotopic (exact) mass is 597 g/mol. The minimum atomic E-state index is -5.06. The van der Waals surface area contributed by atoms with Crippen LogP contribution in [0.1, 0.15) is 27.0 Å². The van der Waals surface area contributed by atoms with Gasteiger partial charge in [-0.15, -0.1) is 26.3 Å². The second-order valence-corrected chi connectivity index (χ2v) is 9.18. The molecule has 0 radical (unpaired) electrons. The van der Waals surface area contributed by atoms with Crippen LogP contribution >= 0.6 is 11.6 Å². The third kappa shape index (κ3) is 7.49. The molecule has 0 saturated heterocycles. The predicted molar refractivity (Wildman–Crippen MR) is 136 cm³/mol. The van der Waals surface area contributed by atoms with Gasteiger partial charge in [0.1, 0.15) is 11.5 Å². The zero-order valence-electron chi connectivity index (χ0n) is 20.7. The third-order valence-electron chi connectivity index (χ3n) is 5.96. The standard InChI is InChI=1S/C29H19ClF7NO3/c30-24-14-6-13-23(25(24)31)26(39)38-27(17-18-7-2-1-3-8-18,19-9-4-11-21(15-19)40-28(32,33)34)20-10-5-12-22(16-20)41-29(35,36)37/h1-16H,17H2,(H,38,39). The van der Waals surface area contributed by atoms with Gasteiger partial charge in [0.05, 0.1) is 16.1 Å². The van der Waals surface area contributed by atoms with Gasteiger partial charge >= 0.3 is 12.7 Å². The van der Waals surface area contributed by atoms with E-state index >= 15 is 0 Å². The number of hydrogen-bond acceptors (Lipinski definition) is 3. The molecule has 0 aromatic heterocycles. The van der Waals surface area contributed by atoms with E-state index in [-0.39, 0.29) is 22.6 Å². The molecule has 4 rings (SSSR count). The largest absolute Gasteiger partial charge is 0.573 e. The summed E-state index contributed by atoms with van der Waals surface area (Å²) in [6.45, 7) is 0. The summed E-state index contributed by atoms with van der Waals surface area (Å²) in [4.78, 5) is 13.6. The van der Waals surface area contributed by atoms with E-state index in [1.54, 1.807) is 30.3 Å². The average Bonchev–Trinajstić information content (AvgIpc) is 2.89. The molecule has 0 atom stereocenters. The number of rotatable bonds is 8. The Morgan fingerprint density at radius 3 is 1.73 bits per heavy atom. The van der Waals surface area contributed by atoms with Crippen molar-refractivity contribution in [3.8, 4) is 11.5 Å². The first-order valence-corrected chi connectivity index (χ1v) is 12.2. The molecule has 4 aromatic rings. The van der Waals surface area contributed by atoms with Crippen LogP contribution in [0.15, 0.2) is 97.1 Å². The molecule has 0 aliphatic rings. The maximum atomic E-state index is 14.9. The van der Waals surface area contributed by atoms with Crippen molar-refractivity contribution in [3.63, 3.8) is 0 Å². The first-order valence-electron chi connectivity index (χ1n) is 11.8. The highest BCUT2D eigenvalue weighted by Crippen LogP contribution is 2.39. The fourth-order valence-corrected chi connectivity index (χ4v) is 4.49. The van der Waals surface area contributed by atoms with Crippen LogP contribution in [0.2, 0.25) is 5.02 Å². The lowest BCUT2D eigenvalue weighted by atomic mass is 9.77. The van der Waals surface area contributed by atoms with Gasteiger partial charge in [0.2, 0.25) is 0 Å². The Labute approximate surface area is 234 Å². The van der Waals surface area contributed by atoms with Crippen molar-refractivity contribution in [1.82, 2.24) is 5.32 Å². The summed E-state index contributed by atoms with van der Waals surface area (Å²) < 4.78 is 102. The number of amides is 1. The highest BCUT2D eigenvalue weighted by Gasteiger charge is 2.40. The first-order chi connectivity index (χ1) is 19.3. The summed E-state index contributed by atoms with van der Waals surface area (Å²) in [5.41, 5.74) is -1.86. The number of alkyl halides is 6. The quantitative estimate of drug-likeness (QED) is 0.208. The van der Waals surface area contributed by atoms with Gasteiger partial charge in [0, 0.05) is 6.42 Å². The molecule has 1 amide bonds. The van der Waals surface area contributed by atoms with Gasteiger partial charge in [-0.2, -0.15) is 0 Å². The van der Waals surface area contributed by atoms with Gasteiger partial charge in [0.15, 0.2) is 5.82 Å². The second kappa shape index (κ2) is 11.7. The van der Waals surface area contributed by atoms with E-state index in [9.17, 15) is 35.5 Å². The van der Waals surface area contributed by atoms with E-state index in [1.165, 1.54) is 36.4 Å². The van der Waals surface area contributed by atoms with Gasteiger partial charge in [-0.25, -0.2) is 4.39 Å². The SMILES string of the molecule is O=C(NC(Cc1ccccc1)(c1cccc(OC(F)(F)F)c1)c1cccc(OC(F)(F)F)c1)c1cccc(Cl)c1F. The zero-order chi connectivity index (χ0) is 29.8. The Bertz CT molecular complexity index is 1470. The van der Waals surface area contributed by atoms with Crippen molar-refractivity contribution in [2.75, 3.05) is 0 Å². The summed E-state index contributed by atoms with van der Waals surface area (Å²) in [7, 11) is 0. The lowest BCUT2D eigenvalue weighted by molar-refractivity contribution is -0.275. The second-order valence-electron chi connectivity index (χ2n) is 8.77. The number of ether oxygens (including phenoxy) is 2. The van der Waals surface area contributed by atoms with Crippen LogP contribution < -0.4 is 14.8 Å². The first kappa shape index (κ1) is 29.7. The minimum absolute atomic E-state index is 0.0111. The van der Waals surface area contributed by atoms with Gasteiger partial charge in [-0.05, 0) is 53.1 Å². The Balaban J connectivity index is 1.97. The van der Waals surface area contributed by atoms with Crippen LogP contribution in [0, 0.1) is 5.82 Å². The lowest BCUT2D eigenvalue weighted by Crippen LogP contribution is -2.49. The van der Waals surface area contributed by atoms with Crippen LogP contribution in [0.3, 0.4) is 0 Å². The van der Waals surface area contributed by atoms with Crippen molar-refractivity contribution in [3.05, 3.63) is 130 Å². The normalized spacial score (nSPS) is 12.1. The molecule has 0 fully saturated rings. The Morgan fingerprint density at radius 2 is 1.22 bits per heavy atom. The lowest BCUT2D eigenvalue weighted by Gasteiger charge is -2.37. The van der Waals surface area contributed by atoms with Crippen molar-refractivity contribution < 1.29 is 45.0 Å². The number of carbonyl (C=O) groups is 1. The van der Waals surface area contributed by atoms with E-state index in [2.05, 4.69) is 14.8 Å².